The Balaban J connectivity index is 2.62. The molecule has 1 rings (SSSR count). The highest BCUT2D eigenvalue weighted by molar-refractivity contribution is 7.99. The maximum atomic E-state index is 6.32. The molecule has 1 nitrogen and oxygen atoms in total. The highest BCUT2D eigenvalue weighted by Gasteiger charge is 2.07. The average Bonchev–Trinajstić information content (AvgIpc) is 2.37. The molecule has 0 aromatic heterocycles. The summed E-state index contributed by atoms with van der Waals surface area (Å²) < 4.78 is 0. The highest BCUT2D eigenvalue weighted by atomic mass is 35.5. The Morgan fingerprint density at radius 3 is 2.56 bits per heavy atom. The van der Waals surface area contributed by atoms with Crippen LogP contribution in [0.2, 0.25) is 5.02 Å². The minimum atomic E-state index is 0.236. The molecule has 2 N–H and O–H groups in total. The van der Waals surface area contributed by atoms with Gasteiger partial charge in [0.1, 0.15) is 0 Å². The van der Waals surface area contributed by atoms with Gasteiger partial charge in [-0.1, -0.05) is 44.9 Å². The molecule has 0 bridgehead atoms. The van der Waals surface area contributed by atoms with Gasteiger partial charge in [-0.15, -0.1) is 11.8 Å². The average molecular weight is 286 g/mol. The third-order valence-electron chi connectivity index (χ3n) is 3.24. The number of thioether (sulfide) groups is 1. The van der Waals surface area contributed by atoms with E-state index in [1.807, 2.05) is 11.8 Å². The molecule has 0 aliphatic rings. The number of halogens is 1. The van der Waals surface area contributed by atoms with E-state index in [9.17, 15) is 0 Å². The van der Waals surface area contributed by atoms with Crippen LogP contribution in [0.5, 0.6) is 0 Å². The van der Waals surface area contributed by atoms with Gasteiger partial charge in [-0.05, 0) is 36.5 Å². The molecular formula is C15H24ClNS. The van der Waals surface area contributed by atoms with Crippen LogP contribution in [0.25, 0.3) is 0 Å². The predicted octanol–water partition coefficient (Wildman–Crippen LogP) is 4.76. The molecule has 102 valence electrons. The lowest BCUT2D eigenvalue weighted by Crippen LogP contribution is -2.21. The first-order chi connectivity index (χ1) is 8.56. The fourth-order valence-electron chi connectivity index (χ4n) is 1.59. The van der Waals surface area contributed by atoms with E-state index in [1.165, 1.54) is 16.9 Å². The second-order valence-corrected chi connectivity index (χ2v) is 6.43. The van der Waals surface area contributed by atoms with Crippen molar-refractivity contribution in [3.05, 3.63) is 28.8 Å². The van der Waals surface area contributed by atoms with Crippen molar-refractivity contribution < 1.29 is 0 Å². The van der Waals surface area contributed by atoms with E-state index in [4.69, 9.17) is 17.3 Å². The van der Waals surface area contributed by atoms with E-state index in [-0.39, 0.29) is 6.04 Å². The fraction of sp³-hybridized carbons (Fsp3) is 0.600. The van der Waals surface area contributed by atoms with Crippen molar-refractivity contribution in [1.82, 2.24) is 0 Å². The third-order valence-corrected chi connectivity index (χ3v) is 5.07. The second-order valence-electron chi connectivity index (χ2n) is 4.96. The molecule has 0 saturated carbocycles. The van der Waals surface area contributed by atoms with Crippen molar-refractivity contribution in [3.63, 3.8) is 0 Å². The summed E-state index contributed by atoms with van der Waals surface area (Å²) in [6, 6.07) is 6.59. The maximum absolute atomic E-state index is 6.32. The van der Waals surface area contributed by atoms with E-state index in [1.54, 1.807) is 0 Å². The zero-order valence-corrected chi connectivity index (χ0v) is 13.2. The van der Waals surface area contributed by atoms with Crippen molar-refractivity contribution in [2.75, 3.05) is 5.75 Å². The Hall–Kier alpha value is -0.180. The maximum Gasteiger partial charge on any atom is 0.0544 e. The van der Waals surface area contributed by atoms with Gasteiger partial charge in [-0.2, -0.15) is 0 Å². The van der Waals surface area contributed by atoms with Crippen LogP contribution in [0.15, 0.2) is 23.1 Å². The van der Waals surface area contributed by atoms with E-state index < -0.39 is 0 Å². The molecule has 0 aliphatic carbocycles. The summed E-state index contributed by atoms with van der Waals surface area (Å²) >= 11 is 8.17. The van der Waals surface area contributed by atoms with E-state index in [2.05, 4.69) is 39.0 Å². The van der Waals surface area contributed by atoms with E-state index >= 15 is 0 Å². The number of rotatable bonds is 7. The molecule has 2 atom stereocenters. The zero-order valence-electron chi connectivity index (χ0n) is 11.6. The highest BCUT2D eigenvalue weighted by Crippen LogP contribution is 2.30. The fourth-order valence-corrected chi connectivity index (χ4v) is 3.01. The molecule has 3 heteroatoms. The van der Waals surface area contributed by atoms with Gasteiger partial charge in [0.15, 0.2) is 0 Å². The van der Waals surface area contributed by atoms with Gasteiger partial charge in [0.25, 0.3) is 0 Å². The van der Waals surface area contributed by atoms with Crippen molar-refractivity contribution >= 4 is 23.4 Å². The van der Waals surface area contributed by atoms with Gasteiger partial charge in [0.2, 0.25) is 0 Å². The standard InChI is InChI=1S/C15H24ClNS/c1-4-11(3)10-18-15-7-6-12(9-14(15)16)8-13(17)5-2/h6-7,9,11,13H,4-5,8,10,17H2,1-3H3. The Labute approximate surface area is 120 Å². The van der Waals surface area contributed by atoms with Crippen LogP contribution in [0.1, 0.15) is 39.2 Å². The number of nitrogens with two attached hydrogens (primary N) is 1. The van der Waals surface area contributed by atoms with Gasteiger partial charge < -0.3 is 5.73 Å². The SMILES string of the molecule is CCC(C)CSc1ccc(CC(N)CC)cc1Cl. The molecule has 2 unspecified atom stereocenters. The van der Waals surface area contributed by atoms with Crippen LogP contribution in [0.3, 0.4) is 0 Å². The first kappa shape index (κ1) is 15.9. The van der Waals surface area contributed by atoms with E-state index in [0.29, 0.717) is 0 Å². The van der Waals surface area contributed by atoms with E-state index in [0.717, 1.165) is 29.5 Å². The Morgan fingerprint density at radius 1 is 1.28 bits per heavy atom. The van der Waals surface area contributed by atoms with Crippen LogP contribution >= 0.6 is 23.4 Å². The molecule has 0 heterocycles. The molecule has 0 spiro atoms. The monoisotopic (exact) mass is 285 g/mol. The van der Waals surface area contributed by atoms with Crippen LogP contribution in [0, 0.1) is 5.92 Å². The molecule has 1 aromatic carbocycles. The lowest BCUT2D eigenvalue weighted by Gasteiger charge is -2.12. The van der Waals surface area contributed by atoms with Gasteiger partial charge in [-0.25, -0.2) is 0 Å². The van der Waals surface area contributed by atoms with Crippen molar-refractivity contribution in [1.29, 1.82) is 0 Å². The molecule has 0 fully saturated rings. The van der Waals surface area contributed by atoms with Crippen LogP contribution in [-0.4, -0.2) is 11.8 Å². The minimum absolute atomic E-state index is 0.236. The Morgan fingerprint density at radius 2 is 2.00 bits per heavy atom. The molecule has 0 amide bonds. The summed E-state index contributed by atoms with van der Waals surface area (Å²) in [6.45, 7) is 6.61. The Bertz CT molecular complexity index is 368. The second kappa shape index (κ2) is 8.08. The van der Waals surface area contributed by atoms with Gasteiger partial charge in [0, 0.05) is 16.7 Å². The van der Waals surface area contributed by atoms with Crippen molar-refractivity contribution in [2.24, 2.45) is 11.7 Å². The summed E-state index contributed by atoms with van der Waals surface area (Å²) in [5.41, 5.74) is 7.20. The summed E-state index contributed by atoms with van der Waals surface area (Å²) in [4.78, 5) is 1.19. The molecular weight excluding hydrogens is 262 g/mol. The van der Waals surface area contributed by atoms with Gasteiger partial charge in [-0.3, -0.25) is 0 Å². The third kappa shape index (κ3) is 5.21. The smallest absolute Gasteiger partial charge is 0.0544 e. The largest absolute Gasteiger partial charge is 0.327 e. The zero-order chi connectivity index (χ0) is 13.5. The minimum Gasteiger partial charge on any atom is -0.327 e. The number of hydrogen-bond acceptors (Lipinski definition) is 2. The quantitative estimate of drug-likeness (QED) is 0.731. The molecule has 1 aromatic rings. The lowest BCUT2D eigenvalue weighted by atomic mass is 10.1. The van der Waals surface area contributed by atoms with Crippen LogP contribution in [-0.2, 0) is 6.42 Å². The van der Waals surface area contributed by atoms with Crippen molar-refractivity contribution in [2.45, 2.75) is 51.0 Å². The first-order valence-electron chi connectivity index (χ1n) is 6.73. The predicted molar refractivity (Wildman–Crippen MR) is 83.6 cm³/mol. The molecule has 0 radical (unpaired) electrons. The lowest BCUT2D eigenvalue weighted by molar-refractivity contribution is 0.637. The van der Waals surface area contributed by atoms with Crippen LogP contribution in [0.4, 0.5) is 0 Å². The summed E-state index contributed by atoms with van der Waals surface area (Å²) in [7, 11) is 0. The summed E-state index contributed by atoms with van der Waals surface area (Å²) in [5.74, 6) is 1.86. The number of benzene rings is 1. The topological polar surface area (TPSA) is 26.0 Å². The van der Waals surface area contributed by atoms with Gasteiger partial charge in [0.05, 0.1) is 5.02 Å². The first-order valence-corrected chi connectivity index (χ1v) is 8.09. The molecule has 18 heavy (non-hydrogen) atoms. The van der Waals surface area contributed by atoms with Gasteiger partial charge >= 0.3 is 0 Å². The summed E-state index contributed by atoms with van der Waals surface area (Å²) in [5, 5.41) is 0.865. The van der Waals surface area contributed by atoms with Crippen LogP contribution < -0.4 is 5.73 Å². The Kier molecular flexibility index (Phi) is 7.13. The molecule has 0 aliphatic heterocycles. The molecule has 0 saturated heterocycles. The number of hydrogen-bond donors (Lipinski definition) is 1. The van der Waals surface area contributed by atoms with Crippen molar-refractivity contribution in [3.8, 4) is 0 Å². The normalized spacial score (nSPS) is 14.5. The summed E-state index contributed by atoms with van der Waals surface area (Å²) in [6.07, 6.45) is 3.13.